The van der Waals surface area contributed by atoms with Crippen LogP contribution in [0.15, 0.2) is 54.7 Å². The van der Waals surface area contributed by atoms with E-state index >= 15 is 0 Å². The highest BCUT2D eigenvalue weighted by molar-refractivity contribution is 6.02. The van der Waals surface area contributed by atoms with Gasteiger partial charge in [-0.15, -0.1) is 5.10 Å². The Bertz CT molecular complexity index is 923. The number of fused-ring (bicyclic) bond motifs is 1. The first-order valence-electron chi connectivity index (χ1n) is 7.74. The Balaban J connectivity index is 1.63. The van der Waals surface area contributed by atoms with Crippen molar-refractivity contribution < 1.29 is 9.59 Å². The average molecular weight is 334 g/mol. The molecular weight excluding hydrogens is 320 g/mol. The highest BCUT2D eigenvalue weighted by Crippen LogP contribution is 2.29. The van der Waals surface area contributed by atoms with Crippen molar-refractivity contribution in [3.63, 3.8) is 0 Å². The predicted molar refractivity (Wildman–Crippen MR) is 90.0 cm³/mol. The molecule has 0 unspecified atom stereocenters. The third-order valence-corrected chi connectivity index (χ3v) is 3.86. The van der Waals surface area contributed by atoms with Crippen molar-refractivity contribution in [3.05, 3.63) is 66.0 Å². The van der Waals surface area contributed by atoms with Gasteiger partial charge in [-0.05, 0) is 17.7 Å². The number of hydrogen-bond acceptors (Lipinski definition) is 5. The van der Waals surface area contributed by atoms with Crippen LogP contribution in [0.4, 0.5) is 11.9 Å². The van der Waals surface area contributed by atoms with Crippen molar-refractivity contribution in [2.45, 2.75) is 12.5 Å². The van der Waals surface area contributed by atoms with Crippen LogP contribution in [-0.2, 0) is 4.79 Å². The smallest absolute Gasteiger partial charge is 0.276 e. The number of amides is 2. The Kier molecular flexibility index (Phi) is 3.70. The van der Waals surface area contributed by atoms with Gasteiger partial charge in [0.25, 0.3) is 11.9 Å². The lowest BCUT2D eigenvalue weighted by molar-refractivity contribution is -0.117. The number of aromatic nitrogens is 4. The van der Waals surface area contributed by atoms with Crippen molar-refractivity contribution in [1.29, 1.82) is 0 Å². The second-order valence-corrected chi connectivity index (χ2v) is 5.55. The third-order valence-electron chi connectivity index (χ3n) is 3.86. The van der Waals surface area contributed by atoms with E-state index in [2.05, 4.69) is 25.7 Å². The zero-order valence-corrected chi connectivity index (χ0v) is 13.1. The van der Waals surface area contributed by atoms with Crippen molar-refractivity contribution in [2.75, 3.05) is 10.6 Å². The largest absolute Gasteiger partial charge is 0.295 e. The molecule has 0 radical (unpaired) electrons. The van der Waals surface area contributed by atoms with Crippen molar-refractivity contribution in [2.24, 2.45) is 0 Å². The minimum Gasteiger partial charge on any atom is -0.295 e. The second kappa shape index (κ2) is 6.16. The molecule has 0 bridgehead atoms. The summed E-state index contributed by atoms with van der Waals surface area (Å²) in [6, 6.07) is 14.4. The monoisotopic (exact) mass is 334 g/mol. The van der Waals surface area contributed by atoms with E-state index in [4.69, 9.17) is 0 Å². The lowest BCUT2D eigenvalue weighted by Crippen LogP contribution is -2.29. The molecule has 0 fully saturated rings. The summed E-state index contributed by atoms with van der Waals surface area (Å²) in [5.74, 6) is -0.127. The van der Waals surface area contributed by atoms with E-state index in [9.17, 15) is 9.59 Å². The van der Waals surface area contributed by atoms with Crippen LogP contribution in [-0.4, -0.2) is 31.6 Å². The second-order valence-electron chi connectivity index (χ2n) is 5.55. The maximum absolute atomic E-state index is 12.2. The summed E-state index contributed by atoms with van der Waals surface area (Å²) in [4.78, 5) is 32.4. The van der Waals surface area contributed by atoms with Gasteiger partial charge >= 0.3 is 0 Å². The van der Waals surface area contributed by atoms with Crippen molar-refractivity contribution in [1.82, 2.24) is 19.7 Å². The molecule has 25 heavy (non-hydrogen) atoms. The van der Waals surface area contributed by atoms with Crippen LogP contribution in [0, 0.1) is 0 Å². The average Bonchev–Trinajstić information content (AvgIpc) is 3.04. The first kappa shape index (κ1) is 15.0. The van der Waals surface area contributed by atoms with E-state index in [-0.39, 0.29) is 30.0 Å². The van der Waals surface area contributed by atoms with Crippen LogP contribution >= 0.6 is 0 Å². The number of hydrogen-bond donors (Lipinski definition) is 2. The molecule has 2 amide bonds. The Labute approximate surface area is 142 Å². The van der Waals surface area contributed by atoms with Crippen molar-refractivity contribution in [3.8, 4) is 0 Å². The maximum Gasteiger partial charge on any atom is 0.276 e. The summed E-state index contributed by atoms with van der Waals surface area (Å²) < 4.78 is 1.62. The molecule has 1 aliphatic rings. The fourth-order valence-electron chi connectivity index (χ4n) is 2.71. The van der Waals surface area contributed by atoms with Gasteiger partial charge < -0.3 is 0 Å². The fraction of sp³-hybridized carbons (Fsp3) is 0.118. The number of carbonyl (C=O) groups is 2. The predicted octanol–water partition coefficient (Wildman–Crippen LogP) is 1.86. The molecule has 3 aromatic rings. The van der Waals surface area contributed by atoms with E-state index in [0.29, 0.717) is 5.95 Å². The van der Waals surface area contributed by atoms with E-state index < -0.39 is 5.91 Å². The number of carbonyl (C=O) groups excluding carboxylic acids is 2. The van der Waals surface area contributed by atoms with Crippen LogP contribution in [0.25, 0.3) is 0 Å². The highest BCUT2D eigenvalue weighted by atomic mass is 16.2. The number of anilines is 2. The van der Waals surface area contributed by atoms with E-state index in [1.165, 1.54) is 6.20 Å². The molecule has 2 N–H and O–H groups in total. The lowest BCUT2D eigenvalue weighted by Gasteiger charge is -2.23. The van der Waals surface area contributed by atoms with E-state index in [1.807, 2.05) is 30.3 Å². The molecule has 4 rings (SSSR count). The summed E-state index contributed by atoms with van der Waals surface area (Å²) in [7, 11) is 0. The van der Waals surface area contributed by atoms with Gasteiger partial charge in [0.1, 0.15) is 5.69 Å². The van der Waals surface area contributed by atoms with Crippen LogP contribution in [0.5, 0.6) is 0 Å². The minimum atomic E-state index is -0.411. The summed E-state index contributed by atoms with van der Waals surface area (Å²) in [5.41, 5.74) is 1.21. The molecule has 124 valence electrons. The first-order valence-corrected chi connectivity index (χ1v) is 7.74. The minimum absolute atomic E-state index is 0.119. The van der Waals surface area contributed by atoms with E-state index in [1.54, 1.807) is 22.9 Å². The van der Waals surface area contributed by atoms with Crippen LogP contribution in [0.3, 0.4) is 0 Å². The van der Waals surface area contributed by atoms with Gasteiger partial charge in [0.15, 0.2) is 0 Å². The van der Waals surface area contributed by atoms with Crippen LogP contribution < -0.4 is 10.6 Å². The number of nitrogens with one attached hydrogen (secondary N) is 2. The van der Waals surface area contributed by atoms with Gasteiger partial charge in [0.05, 0.1) is 12.5 Å². The van der Waals surface area contributed by atoms with Gasteiger partial charge in [0.2, 0.25) is 11.9 Å². The van der Waals surface area contributed by atoms with E-state index in [0.717, 1.165) is 5.56 Å². The first-order chi connectivity index (χ1) is 12.2. The SMILES string of the molecule is O=C1C[C@H](c2ccccc2)n2nc(NC(=O)c3ccccn3)nc2N1. The molecule has 2 aromatic heterocycles. The molecule has 0 spiro atoms. The molecular formula is C17H14N6O2. The number of pyridine rings is 1. The number of rotatable bonds is 3. The third kappa shape index (κ3) is 2.97. The molecule has 3 heterocycles. The zero-order chi connectivity index (χ0) is 17.2. The highest BCUT2D eigenvalue weighted by Gasteiger charge is 2.29. The molecule has 1 aromatic carbocycles. The molecule has 8 heteroatoms. The fourth-order valence-corrected chi connectivity index (χ4v) is 2.71. The lowest BCUT2D eigenvalue weighted by atomic mass is 10.0. The topological polar surface area (TPSA) is 102 Å². The van der Waals surface area contributed by atoms with Gasteiger partial charge in [-0.2, -0.15) is 4.98 Å². The Hall–Kier alpha value is -3.55. The van der Waals surface area contributed by atoms with Crippen LogP contribution in [0.1, 0.15) is 28.5 Å². The summed E-state index contributed by atoms with van der Waals surface area (Å²) in [5, 5.41) is 9.62. The molecule has 8 nitrogen and oxygen atoms in total. The Morgan fingerprint density at radius 3 is 2.72 bits per heavy atom. The summed E-state index contributed by atoms with van der Waals surface area (Å²) in [6.45, 7) is 0. The number of benzene rings is 1. The van der Waals surface area contributed by atoms with Gasteiger partial charge in [0, 0.05) is 6.20 Å². The summed E-state index contributed by atoms with van der Waals surface area (Å²) >= 11 is 0. The normalized spacial score (nSPS) is 16.0. The Morgan fingerprint density at radius 2 is 1.96 bits per heavy atom. The molecule has 1 atom stereocenters. The molecule has 1 aliphatic heterocycles. The van der Waals surface area contributed by atoms with Gasteiger partial charge in [-0.25, -0.2) is 4.68 Å². The maximum atomic E-state index is 12.2. The summed E-state index contributed by atoms with van der Waals surface area (Å²) in [6.07, 6.45) is 1.79. The van der Waals surface area contributed by atoms with Gasteiger partial charge in [-0.1, -0.05) is 36.4 Å². The molecule has 0 saturated heterocycles. The standard InChI is InChI=1S/C17H14N6O2/c24-14-10-13(11-6-2-1-3-7-11)23-17(19-14)21-16(22-23)20-15(25)12-8-4-5-9-18-12/h1-9,13H,10H2,(H2,19,20,21,22,24,25)/t13-/m1/s1. The number of nitrogens with zero attached hydrogens (tertiary/aromatic N) is 4. The molecule has 0 saturated carbocycles. The van der Waals surface area contributed by atoms with Crippen molar-refractivity contribution >= 4 is 23.7 Å². The Morgan fingerprint density at radius 1 is 1.16 bits per heavy atom. The molecule has 0 aliphatic carbocycles. The quantitative estimate of drug-likeness (QED) is 0.761. The zero-order valence-electron chi connectivity index (χ0n) is 13.1. The van der Waals surface area contributed by atoms with Crippen LogP contribution in [0.2, 0.25) is 0 Å². The van der Waals surface area contributed by atoms with Gasteiger partial charge in [-0.3, -0.25) is 25.2 Å².